The molecule has 2 aromatic rings. The molecule has 2 N–H and O–H groups in total. The van der Waals surface area contributed by atoms with E-state index in [2.05, 4.69) is 15.0 Å². The lowest BCUT2D eigenvalue weighted by molar-refractivity contribution is 0.0521. The zero-order valence-electron chi connectivity index (χ0n) is 10.1. The Morgan fingerprint density at radius 3 is 2.89 bits per heavy atom. The number of esters is 1. The predicted octanol–water partition coefficient (Wildman–Crippen LogP) is 0.730. The van der Waals surface area contributed by atoms with Gasteiger partial charge in [0, 0.05) is 12.4 Å². The van der Waals surface area contributed by atoms with Crippen molar-refractivity contribution in [3.63, 3.8) is 0 Å². The van der Waals surface area contributed by atoms with Crippen LogP contribution in [0.1, 0.15) is 23.2 Å². The number of nitrogen functional groups attached to an aromatic ring is 1. The first-order valence-electron chi connectivity index (χ1n) is 5.43. The number of anilines is 1. The number of nitrogens with zero attached hydrogens (tertiary/aromatic N) is 4. The van der Waals surface area contributed by atoms with E-state index in [4.69, 9.17) is 10.5 Å². The molecule has 2 aromatic heterocycles. The van der Waals surface area contributed by atoms with E-state index in [0.717, 1.165) is 0 Å². The highest BCUT2D eigenvalue weighted by Gasteiger charge is 2.20. The van der Waals surface area contributed by atoms with Crippen LogP contribution in [0.4, 0.5) is 5.82 Å². The molecule has 0 atom stereocenters. The van der Waals surface area contributed by atoms with E-state index in [0.29, 0.717) is 11.6 Å². The number of ether oxygens (including phenoxy) is 1. The molecule has 0 fully saturated rings. The molecule has 18 heavy (non-hydrogen) atoms. The molecule has 0 spiro atoms. The number of aryl methyl sites for hydroxylation is 1. The van der Waals surface area contributed by atoms with Crippen LogP contribution in [0, 0.1) is 6.92 Å². The molecule has 0 aromatic carbocycles. The average molecular weight is 247 g/mol. The summed E-state index contributed by atoms with van der Waals surface area (Å²) in [6.45, 7) is 3.73. The van der Waals surface area contributed by atoms with Crippen LogP contribution in [0.5, 0.6) is 0 Å². The van der Waals surface area contributed by atoms with Gasteiger partial charge in [0.05, 0.1) is 12.8 Å². The second-order valence-electron chi connectivity index (χ2n) is 3.51. The van der Waals surface area contributed by atoms with Gasteiger partial charge in [-0.2, -0.15) is 0 Å². The fourth-order valence-electron chi connectivity index (χ4n) is 1.59. The molecule has 0 unspecified atom stereocenters. The van der Waals surface area contributed by atoms with Gasteiger partial charge in [-0.05, 0) is 13.8 Å². The Kier molecular flexibility index (Phi) is 3.22. The van der Waals surface area contributed by atoms with Crippen LogP contribution in [-0.4, -0.2) is 32.1 Å². The van der Waals surface area contributed by atoms with Gasteiger partial charge in [0.2, 0.25) is 0 Å². The predicted molar refractivity (Wildman–Crippen MR) is 64.3 cm³/mol. The summed E-state index contributed by atoms with van der Waals surface area (Å²) in [5, 5.41) is 0. The SMILES string of the molecule is CCOC(=O)c1nc(C)n(-c2cnccn2)c1N. The van der Waals surface area contributed by atoms with Crippen molar-refractivity contribution in [2.45, 2.75) is 13.8 Å². The highest BCUT2D eigenvalue weighted by Crippen LogP contribution is 2.19. The molecule has 2 rings (SSSR count). The van der Waals surface area contributed by atoms with Crippen LogP contribution in [0.25, 0.3) is 5.82 Å². The highest BCUT2D eigenvalue weighted by molar-refractivity contribution is 5.92. The van der Waals surface area contributed by atoms with Crippen LogP contribution >= 0.6 is 0 Å². The van der Waals surface area contributed by atoms with E-state index < -0.39 is 5.97 Å². The number of rotatable bonds is 3. The van der Waals surface area contributed by atoms with E-state index in [1.54, 1.807) is 30.8 Å². The standard InChI is InChI=1S/C11H13N5O2/c1-3-18-11(17)9-10(12)16(7(2)15-9)8-6-13-4-5-14-8/h4-6H,3,12H2,1-2H3. The summed E-state index contributed by atoms with van der Waals surface area (Å²) < 4.78 is 6.44. The lowest BCUT2D eigenvalue weighted by Gasteiger charge is -2.05. The second kappa shape index (κ2) is 4.82. The van der Waals surface area contributed by atoms with Crippen molar-refractivity contribution in [2.75, 3.05) is 12.3 Å². The lowest BCUT2D eigenvalue weighted by Crippen LogP contribution is -2.10. The summed E-state index contributed by atoms with van der Waals surface area (Å²) in [5.74, 6) is 0.721. The van der Waals surface area contributed by atoms with Gasteiger partial charge in [0.1, 0.15) is 11.6 Å². The number of carbonyl (C=O) groups excluding carboxylic acids is 1. The van der Waals surface area contributed by atoms with Crippen molar-refractivity contribution in [2.24, 2.45) is 0 Å². The number of hydrogen-bond acceptors (Lipinski definition) is 6. The monoisotopic (exact) mass is 247 g/mol. The molecule has 0 radical (unpaired) electrons. The summed E-state index contributed by atoms with van der Waals surface area (Å²) in [7, 11) is 0. The van der Waals surface area contributed by atoms with Gasteiger partial charge in [-0.25, -0.2) is 14.8 Å². The maximum atomic E-state index is 11.6. The van der Waals surface area contributed by atoms with E-state index in [1.807, 2.05) is 0 Å². The summed E-state index contributed by atoms with van der Waals surface area (Å²) in [6, 6.07) is 0. The number of hydrogen-bond donors (Lipinski definition) is 1. The van der Waals surface area contributed by atoms with E-state index in [1.165, 1.54) is 6.20 Å². The summed E-state index contributed by atoms with van der Waals surface area (Å²) in [6.07, 6.45) is 4.64. The number of carbonyl (C=O) groups is 1. The minimum absolute atomic E-state index is 0.0972. The molecule has 0 saturated heterocycles. The fraction of sp³-hybridized carbons (Fsp3) is 0.273. The van der Waals surface area contributed by atoms with E-state index in [9.17, 15) is 4.79 Å². The van der Waals surface area contributed by atoms with Gasteiger partial charge in [-0.3, -0.25) is 9.55 Å². The van der Waals surface area contributed by atoms with Crippen molar-refractivity contribution >= 4 is 11.8 Å². The van der Waals surface area contributed by atoms with Gasteiger partial charge < -0.3 is 10.5 Å². The van der Waals surface area contributed by atoms with Gasteiger partial charge >= 0.3 is 5.97 Å². The Bertz CT molecular complexity index is 564. The third-order valence-electron chi connectivity index (χ3n) is 2.33. The van der Waals surface area contributed by atoms with Gasteiger partial charge in [0.25, 0.3) is 0 Å². The van der Waals surface area contributed by atoms with Crippen molar-refractivity contribution < 1.29 is 9.53 Å². The van der Waals surface area contributed by atoms with E-state index >= 15 is 0 Å². The number of imidazole rings is 1. The normalized spacial score (nSPS) is 10.3. The fourth-order valence-corrected chi connectivity index (χ4v) is 1.59. The topological polar surface area (TPSA) is 95.9 Å². The van der Waals surface area contributed by atoms with Crippen LogP contribution in [0.2, 0.25) is 0 Å². The molecule has 7 heteroatoms. The quantitative estimate of drug-likeness (QED) is 0.803. The minimum atomic E-state index is -0.541. The molecule has 0 aliphatic carbocycles. The largest absolute Gasteiger partial charge is 0.461 e. The Labute approximate surface area is 104 Å². The van der Waals surface area contributed by atoms with Gasteiger partial charge in [-0.1, -0.05) is 0 Å². The van der Waals surface area contributed by atoms with Crippen LogP contribution in [0.15, 0.2) is 18.6 Å². The third kappa shape index (κ3) is 2.02. The highest BCUT2D eigenvalue weighted by atomic mass is 16.5. The molecule has 0 aliphatic rings. The number of nitrogens with two attached hydrogens (primary N) is 1. The van der Waals surface area contributed by atoms with Gasteiger partial charge in [-0.15, -0.1) is 0 Å². The maximum absolute atomic E-state index is 11.6. The van der Waals surface area contributed by atoms with Crippen LogP contribution in [-0.2, 0) is 4.74 Å². The molecule has 0 bridgehead atoms. The summed E-state index contributed by atoms with van der Waals surface area (Å²) in [5.41, 5.74) is 6.00. The first kappa shape index (κ1) is 12.0. The molecule has 7 nitrogen and oxygen atoms in total. The number of aromatic nitrogens is 4. The molecular formula is C11H13N5O2. The third-order valence-corrected chi connectivity index (χ3v) is 2.33. The maximum Gasteiger partial charge on any atom is 0.360 e. The minimum Gasteiger partial charge on any atom is -0.461 e. The molecular weight excluding hydrogens is 234 g/mol. The Morgan fingerprint density at radius 1 is 1.50 bits per heavy atom. The van der Waals surface area contributed by atoms with Gasteiger partial charge in [0.15, 0.2) is 11.5 Å². The first-order chi connectivity index (χ1) is 8.65. The first-order valence-corrected chi connectivity index (χ1v) is 5.43. The summed E-state index contributed by atoms with van der Waals surface area (Å²) in [4.78, 5) is 23.8. The second-order valence-corrected chi connectivity index (χ2v) is 3.51. The zero-order chi connectivity index (χ0) is 13.1. The molecule has 0 saturated carbocycles. The van der Waals surface area contributed by atoms with Crippen LogP contribution in [0.3, 0.4) is 0 Å². The Morgan fingerprint density at radius 2 is 2.28 bits per heavy atom. The molecule has 94 valence electrons. The van der Waals surface area contributed by atoms with Crippen molar-refractivity contribution in [3.05, 3.63) is 30.1 Å². The lowest BCUT2D eigenvalue weighted by atomic mass is 10.4. The Hall–Kier alpha value is -2.44. The molecule has 0 aliphatic heterocycles. The van der Waals surface area contributed by atoms with Crippen molar-refractivity contribution in [1.82, 2.24) is 19.5 Å². The average Bonchev–Trinajstić information content (AvgIpc) is 2.66. The Balaban J connectivity index is 2.48. The molecule has 0 amide bonds. The van der Waals surface area contributed by atoms with Crippen molar-refractivity contribution in [3.8, 4) is 5.82 Å². The van der Waals surface area contributed by atoms with Crippen LogP contribution < -0.4 is 5.73 Å². The molecule has 2 heterocycles. The smallest absolute Gasteiger partial charge is 0.360 e. The van der Waals surface area contributed by atoms with E-state index in [-0.39, 0.29) is 18.1 Å². The van der Waals surface area contributed by atoms with Crippen molar-refractivity contribution in [1.29, 1.82) is 0 Å². The summed E-state index contributed by atoms with van der Waals surface area (Å²) >= 11 is 0. The zero-order valence-corrected chi connectivity index (χ0v) is 10.1.